The van der Waals surface area contributed by atoms with Gasteiger partial charge in [-0.25, -0.2) is 9.97 Å². The number of rotatable bonds is 4. The molecule has 0 aliphatic rings. The average Bonchev–Trinajstić information content (AvgIpc) is 2.40. The molecule has 6 nitrogen and oxygen atoms in total. The first-order valence-electron chi connectivity index (χ1n) is 5.18. The molecule has 1 aromatic carbocycles. The fourth-order valence-electron chi connectivity index (χ4n) is 1.34. The summed E-state index contributed by atoms with van der Waals surface area (Å²) in [5, 5.41) is 7.38. The van der Waals surface area contributed by atoms with Crippen molar-refractivity contribution in [2.45, 2.75) is 0 Å². The minimum Gasteiger partial charge on any atom is -0.497 e. The predicted octanol–water partition coefficient (Wildman–Crippen LogP) is 1.56. The van der Waals surface area contributed by atoms with Crippen LogP contribution in [0.25, 0.3) is 0 Å². The van der Waals surface area contributed by atoms with E-state index in [1.165, 1.54) is 12.4 Å². The molecule has 1 heterocycles. The summed E-state index contributed by atoms with van der Waals surface area (Å²) in [6, 6.07) is 6.99. The van der Waals surface area contributed by atoms with Crippen molar-refractivity contribution in [2.24, 2.45) is 5.73 Å². The van der Waals surface area contributed by atoms with Gasteiger partial charge in [0.25, 0.3) is 0 Å². The van der Waals surface area contributed by atoms with E-state index in [1.807, 2.05) is 0 Å². The fraction of sp³-hybridized carbons (Fsp3) is 0.0833. The predicted molar refractivity (Wildman–Crippen MR) is 66.1 cm³/mol. The molecular weight excluding hydrogens is 232 g/mol. The molecular formula is C12H12N4O2. The lowest BCUT2D eigenvalue weighted by Gasteiger charge is -2.08. The van der Waals surface area contributed by atoms with Crippen molar-refractivity contribution < 1.29 is 9.47 Å². The van der Waals surface area contributed by atoms with Gasteiger partial charge in [-0.15, -0.1) is 0 Å². The van der Waals surface area contributed by atoms with Gasteiger partial charge in [-0.1, -0.05) is 0 Å². The van der Waals surface area contributed by atoms with Crippen LogP contribution in [0.3, 0.4) is 0 Å². The van der Waals surface area contributed by atoms with Crippen LogP contribution in [0.1, 0.15) is 5.69 Å². The van der Waals surface area contributed by atoms with Gasteiger partial charge in [-0.2, -0.15) is 0 Å². The van der Waals surface area contributed by atoms with Crippen LogP contribution < -0.4 is 15.2 Å². The van der Waals surface area contributed by atoms with E-state index < -0.39 is 0 Å². The molecule has 1 aromatic heterocycles. The molecule has 0 aliphatic carbocycles. The Morgan fingerprint density at radius 2 is 1.72 bits per heavy atom. The highest BCUT2D eigenvalue weighted by Crippen LogP contribution is 2.23. The van der Waals surface area contributed by atoms with E-state index in [-0.39, 0.29) is 17.4 Å². The SMILES string of the molecule is COc1ccc(Oc2nccnc2C(=N)N)cc1. The van der Waals surface area contributed by atoms with Gasteiger partial charge in [0, 0.05) is 12.4 Å². The van der Waals surface area contributed by atoms with Crippen LogP contribution in [0.15, 0.2) is 36.7 Å². The Bertz CT molecular complexity index is 554. The summed E-state index contributed by atoms with van der Waals surface area (Å²) in [5.74, 6) is 1.31. The molecule has 0 atom stereocenters. The lowest BCUT2D eigenvalue weighted by molar-refractivity contribution is 0.412. The van der Waals surface area contributed by atoms with Crippen molar-refractivity contribution >= 4 is 5.84 Å². The quantitative estimate of drug-likeness (QED) is 0.628. The van der Waals surface area contributed by atoms with Crippen molar-refractivity contribution in [1.82, 2.24) is 9.97 Å². The second-order valence-corrected chi connectivity index (χ2v) is 3.40. The second kappa shape index (κ2) is 5.13. The van der Waals surface area contributed by atoms with Crippen molar-refractivity contribution in [1.29, 1.82) is 5.41 Å². The van der Waals surface area contributed by atoms with E-state index in [1.54, 1.807) is 31.4 Å². The molecule has 92 valence electrons. The van der Waals surface area contributed by atoms with E-state index in [4.69, 9.17) is 20.6 Å². The molecule has 0 fully saturated rings. The number of nitrogens with two attached hydrogens (primary N) is 1. The van der Waals surface area contributed by atoms with E-state index in [0.717, 1.165) is 5.75 Å². The maximum atomic E-state index is 7.38. The van der Waals surface area contributed by atoms with E-state index in [9.17, 15) is 0 Å². The van der Waals surface area contributed by atoms with Gasteiger partial charge in [0.2, 0.25) is 5.88 Å². The molecule has 2 rings (SSSR count). The standard InChI is InChI=1S/C12H12N4O2/c1-17-8-2-4-9(5-3-8)18-12-10(11(13)14)15-6-7-16-12/h2-7H,1H3,(H3,13,14). The van der Waals surface area contributed by atoms with Crippen molar-refractivity contribution in [3.8, 4) is 17.4 Å². The number of aromatic nitrogens is 2. The van der Waals surface area contributed by atoms with Gasteiger partial charge in [0.15, 0.2) is 5.69 Å². The molecule has 2 aromatic rings. The highest BCUT2D eigenvalue weighted by molar-refractivity contribution is 5.95. The summed E-state index contributed by atoms with van der Waals surface area (Å²) in [5.41, 5.74) is 5.61. The van der Waals surface area contributed by atoms with Crippen LogP contribution in [0.5, 0.6) is 17.4 Å². The molecule has 0 saturated heterocycles. The lowest BCUT2D eigenvalue weighted by Crippen LogP contribution is -2.14. The molecule has 0 spiro atoms. The van der Waals surface area contributed by atoms with E-state index in [2.05, 4.69) is 9.97 Å². The van der Waals surface area contributed by atoms with Crippen LogP contribution in [0, 0.1) is 5.41 Å². The molecule has 18 heavy (non-hydrogen) atoms. The summed E-state index contributed by atoms with van der Waals surface area (Å²) in [7, 11) is 1.59. The largest absolute Gasteiger partial charge is 0.497 e. The number of hydrogen-bond donors (Lipinski definition) is 2. The van der Waals surface area contributed by atoms with Gasteiger partial charge >= 0.3 is 0 Å². The smallest absolute Gasteiger partial charge is 0.249 e. The molecule has 0 amide bonds. The zero-order valence-corrected chi connectivity index (χ0v) is 9.75. The Labute approximate surface area is 104 Å². The molecule has 6 heteroatoms. The number of hydrogen-bond acceptors (Lipinski definition) is 5. The Morgan fingerprint density at radius 3 is 2.33 bits per heavy atom. The summed E-state index contributed by atoms with van der Waals surface area (Å²) in [4.78, 5) is 7.95. The van der Waals surface area contributed by atoms with Gasteiger partial charge in [-0.05, 0) is 24.3 Å². The number of ether oxygens (including phenoxy) is 2. The van der Waals surface area contributed by atoms with Crippen molar-refractivity contribution in [2.75, 3.05) is 7.11 Å². The third-order valence-corrected chi connectivity index (χ3v) is 2.19. The van der Waals surface area contributed by atoms with Crippen LogP contribution in [-0.2, 0) is 0 Å². The summed E-state index contributed by atoms with van der Waals surface area (Å²) >= 11 is 0. The number of methoxy groups -OCH3 is 1. The van der Waals surface area contributed by atoms with Crippen LogP contribution >= 0.6 is 0 Å². The monoisotopic (exact) mass is 244 g/mol. The maximum absolute atomic E-state index is 7.38. The highest BCUT2D eigenvalue weighted by atomic mass is 16.5. The van der Waals surface area contributed by atoms with Crippen molar-refractivity contribution in [3.05, 3.63) is 42.4 Å². The van der Waals surface area contributed by atoms with E-state index in [0.29, 0.717) is 5.75 Å². The van der Waals surface area contributed by atoms with Crippen LogP contribution in [0.4, 0.5) is 0 Å². The Hall–Kier alpha value is -2.63. The Kier molecular flexibility index (Phi) is 3.38. The molecule has 0 aliphatic heterocycles. The zero-order valence-electron chi connectivity index (χ0n) is 9.75. The number of nitrogens with one attached hydrogen (secondary N) is 1. The van der Waals surface area contributed by atoms with Gasteiger partial charge < -0.3 is 15.2 Å². The van der Waals surface area contributed by atoms with Crippen LogP contribution in [0.2, 0.25) is 0 Å². The summed E-state index contributed by atoms with van der Waals surface area (Å²) in [6.07, 6.45) is 2.93. The average molecular weight is 244 g/mol. The Morgan fingerprint density at radius 1 is 1.11 bits per heavy atom. The zero-order chi connectivity index (χ0) is 13.0. The highest BCUT2D eigenvalue weighted by Gasteiger charge is 2.10. The minimum atomic E-state index is -0.188. The minimum absolute atomic E-state index is 0.188. The van der Waals surface area contributed by atoms with E-state index >= 15 is 0 Å². The fourth-order valence-corrected chi connectivity index (χ4v) is 1.34. The number of amidine groups is 1. The van der Waals surface area contributed by atoms with Gasteiger partial charge in [-0.3, -0.25) is 5.41 Å². The molecule has 0 bridgehead atoms. The number of nitrogen functional groups attached to an aromatic ring is 1. The Balaban J connectivity index is 2.25. The second-order valence-electron chi connectivity index (χ2n) is 3.40. The first-order chi connectivity index (χ1) is 8.70. The summed E-state index contributed by atoms with van der Waals surface area (Å²) in [6.45, 7) is 0. The molecule has 0 unspecified atom stereocenters. The molecule has 0 radical (unpaired) electrons. The molecule has 3 N–H and O–H groups in total. The third kappa shape index (κ3) is 2.54. The first-order valence-corrected chi connectivity index (χ1v) is 5.18. The molecule has 0 saturated carbocycles. The summed E-state index contributed by atoms with van der Waals surface area (Å²) < 4.78 is 10.6. The lowest BCUT2D eigenvalue weighted by atomic mass is 10.3. The topological polar surface area (TPSA) is 94.1 Å². The number of benzene rings is 1. The first kappa shape index (κ1) is 11.8. The van der Waals surface area contributed by atoms with Gasteiger partial charge in [0.1, 0.15) is 17.3 Å². The third-order valence-electron chi connectivity index (χ3n) is 2.19. The van der Waals surface area contributed by atoms with Crippen LogP contribution in [-0.4, -0.2) is 22.9 Å². The maximum Gasteiger partial charge on any atom is 0.249 e. The number of nitrogens with zero attached hydrogens (tertiary/aromatic N) is 2. The van der Waals surface area contributed by atoms with Crippen molar-refractivity contribution in [3.63, 3.8) is 0 Å². The normalized spacial score (nSPS) is 9.83. The van der Waals surface area contributed by atoms with Gasteiger partial charge in [0.05, 0.1) is 7.11 Å².